The Kier molecular flexibility index (Phi) is 5.76. The molecule has 0 N–H and O–H groups in total. The van der Waals surface area contributed by atoms with Crippen LogP contribution in [-0.2, 0) is 11.2 Å². The first-order valence-corrected chi connectivity index (χ1v) is 9.98. The molecule has 2 heterocycles. The van der Waals surface area contributed by atoms with Gasteiger partial charge in [-0.25, -0.2) is 4.39 Å². The summed E-state index contributed by atoms with van der Waals surface area (Å²) in [6.07, 6.45) is 0.873. The van der Waals surface area contributed by atoms with Crippen LogP contribution < -0.4 is 0 Å². The monoisotopic (exact) mass is 392 g/mol. The van der Waals surface area contributed by atoms with Crippen molar-refractivity contribution in [2.75, 3.05) is 26.7 Å². The van der Waals surface area contributed by atoms with Gasteiger partial charge in [0, 0.05) is 32.5 Å². The maximum absolute atomic E-state index is 14.0. The Hall–Kier alpha value is -2.92. The summed E-state index contributed by atoms with van der Waals surface area (Å²) in [5.41, 5.74) is 1.60. The first-order chi connectivity index (χ1) is 14.1. The zero-order valence-corrected chi connectivity index (χ0v) is 16.6. The van der Waals surface area contributed by atoms with Crippen molar-refractivity contribution in [3.8, 4) is 11.3 Å². The molecule has 5 heteroatoms. The van der Waals surface area contributed by atoms with E-state index in [0.717, 1.165) is 18.7 Å². The quantitative estimate of drug-likeness (QED) is 0.640. The van der Waals surface area contributed by atoms with Crippen molar-refractivity contribution in [1.82, 2.24) is 9.80 Å². The van der Waals surface area contributed by atoms with E-state index in [1.54, 1.807) is 24.3 Å². The van der Waals surface area contributed by atoms with Gasteiger partial charge >= 0.3 is 0 Å². The minimum Gasteiger partial charge on any atom is -0.461 e. The summed E-state index contributed by atoms with van der Waals surface area (Å²) in [7, 11) is 2.09. The summed E-state index contributed by atoms with van der Waals surface area (Å²) in [4.78, 5) is 17.2. The van der Waals surface area contributed by atoms with Crippen molar-refractivity contribution in [2.45, 2.75) is 18.9 Å². The van der Waals surface area contributed by atoms with Crippen LogP contribution in [0.1, 0.15) is 23.8 Å². The van der Waals surface area contributed by atoms with E-state index in [2.05, 4.69) is 24.1 Å². The molecule has 1 amide bonds. The zero-order chi connectivity index (χ0) is 20.2. The largest absolute Gasteiger partial charge is 0.461 e. The summed E-state index contributed by atoms with van der Waals surface area (Å²) in [6, 6.07) is 20.4. The number of hydrogen-bond acceptors (Lipinski definition) is 3. The van der Waals surface area contributed by atoms with Gasteiger partial charge in [-0.3, -0.25) is 4.79 Å². The lowest BCUT2D eigenvalue weighted by Crippen LogP contribution is -2.49. The lowest BCUT2D eigenvalue weighted by atomic mass is 10.0. The molecule has 0 radical (unpaired) electrons. The van der Waals surface area contributed by atoms with E-state index in [0.29, 0.717) is 36.5 Å². The summed E-state index contributed by atoms with van der Waals surface area (Å²) < 4.78 is 19.8. The smallest absolute Gasteiger partial charge is 0.223 e. The number of nitrogens with zero attached hydrogens (tertiary/aromatic N) is 2. The molecule has 1 aromatic heterocycles. The minimum atomic E-state index is -0.312. The van der Waals surface area contributed by atoms with E-state index in [1.165, 1.54) is 6.07 Å². The highest BCUT2D eigenvalue weighted by Crippen LogP contribution is 2.27. The van der Waals surface area contributed by atoms with Crippen LogP contribution in [0.15, 0.2) is 71.1 Å². The highest BCUT2D eigenvalue weighted by atomic mass is 19.1. The van der Waals surface area contributed by atoms with Gasteiger partial charge in [-0.05, 0) is 36.9 Å². The molecule has 0 saturated carbocycles. The van der Waals surface area contributed by atoms with Crippen LogP contribution in [-0.4, -0.2) is 42.4 Å². The number of carbonyl (C=O) groups excluding carboxylic acids is 1. The fourth-order valence-corrected chi connectivity index (χ4v) is 3.87. The number of likely N-dealkylation sites (N-methyl/N-ethyl adjacent to an activating group) is 1. The molecule has 1 aliphatic rings. The highest BCUT2D eigenvalue weighted by molar-refractivity contribution is 5.77. The molecule has 0 aliphatic carbocycles. The molecule has 0 spiro atoms. The number of carbonyl (C=O) groups is 1. The van der Waals surface area contributed by atoms with Crippen LogP contribution in [0.3, 0.4) is 0 Å². The Morgan fingerprint density at radius 1 is 1.03 bits per heavy atom. The second kappa shape index (κ2) is 8.62. The number of halogens is 1. The van der Waals surface area contributed by atoms with E-state index >= 15 is 0 Å². The SMILES string of the molecule is CN1CCN(C(=O)CCc2ccc(-c3ccccc3F)o2)[C@H](c2ccccc2)C1. The van der Waals surface area contributed by atoms with Gasteiger partial charge in [0.15, 0.2) is 0 Å². The molecular weight excluding hydrogens is 367 g/mol. The van der Waals surface area contributed by atoms with Gasteiger partial charge in [-0.1, -0.05) is 42.5 Å². The van der Waals surface area contributed by atoms with Gasteiger partial charge in [0.2, 0.25) is 5.91 Å². The van der Waals surface area contributed by atoms with Crippen LogP contribution in [0.2, 0.25) is 0 Å². The Morgan fingerprint density at radius 3 is 2.59 bits per heavy atom. The fourth-order valence-electron chi connectivity index (χ4n) is 3.87. The van der Waals surface area contributed by atoms with E-state index < -0.39 is 0 Å². The van der Waals surface area contributed by atoms with Crippen LogP contribution >= 0.6 is 0 Å². The standard InChI is InChI=1S/C24H25FN2O2/c1-26-15-16-27(22(17-26)18-7-3-2-4-8-18)24(28)14-12-19-11-13-23(29-19)20-9-5-6-10-21(20)25/h2-11,13,22H,12,14-17H2,1H3/t22-/m0/s1. The van der Waals surface area contributed by atoms with E-state index in [4.69, 9.17) is 4.42 Å². The van der Waals surface area contributed by atoms with Crippen LogP contribution in [0.25, 0.3) is 11.3 Å². The van der Waals surface area contributed by atoms with Crippen molar-refractivity contribution in [1.29, 1.82) is 0 Å². The number of furan rings is 1. The maximum Gasteiger partial charge on any atom is 0.223 e. The van der Waals surface area contributed by atoms with Gasteiger partial charge in [0.05, 0.1) is 11.6 Å². The first-order valence-electron chi connectivity index (χ1n) is 9.98. The van der Waals surface area contributed by atoms with Gasteiger partial charge in [0.1, 0.15) is 17.3 Å². The molecule has 4 nitrogen and oxygen atoms in total. The van der Waals surface area contributed by atoms with Gasteiger partial charge in [-0.2, -0.15) is 0 Å². The topological polar surface area (TPSA) is 36.7 Å². The van der Waals surface area contributed by atoms with Gasteiger partial charge in [0.25, 0.3) is 0 Å². The third-order valence-corrected chi connectivity index (χ3v) is 5.47. The second-order valence-electron chi connectivity index (χ2n) is 7.52. The zero-order valence-electron chi connectivity index (χ0n) is 16.6. The molecule has 1 atom stereocenters. The molecule has 0 unspecified atom stereocenters. The molecule has 4 rings (SSSR count). The van der Waals surface area contributed by atoms with Crippen LogP contribution in [0, 0.1) is 5.82 Å². The minimum absolute atomic E-state index is 0.0630. The van der Waals surface area contributed by atoms with Gasteiger partial charge < -0.3 is 14.2 Å². The Labute approximate surface area is 170 Å². The summed E-state index contributed by atoms with van der Waals surface area (Å²) in [5.74, 6) is 0.998. The number of piperazine rings is 1. The molecule has 0 bridgehead atoms. The number of benzene rings is 2. The number of aryl methyl sites for hydroxylation is 1. The molecule has 150 valence electrons. The number of hydrogen-bond donors (Lipinski definition) is 0. The Balaban J connectivity index is 1.43. The average Bonchev–Trinajstić information content (AvgIpc) is 3.22. The van der Waals surface area contributed by atoms with Crippen molar-refractivity contribution in [3.63, 3.8) is 0 Å². The maximum atomic E-state index is 14.0. The summed E-state index contributed by atoms with van der Waals surface area (Å²) in [5, 5.41) is 0. The first kappa shape index (κ1) is 19.4. The molecule has 1 fully saturated rings. The molecule has 3 aromatic rings. The van der Waals surface area contributed by atoms with Crippen LogP contribution in [0.5, 0.6) is 0 Å². The van der Waals surface area contributed by atoms with Crippen molar-refractivity contribution >= 4 is 5.91 Å². The molecule has 29 heavy (non-hydrogen) atoms. The Bertz CT molecular complexity index is 970. The lowest BCUT2D eigenvalue weighted by molar-refractivity contribution is -0.136. The fraction of sp³-hybridized carbons (Fsp3) is 0.292. The van der Waals surface area contributed by atoms with E-state index in [-0.39, 0.29) is 17.8 Å². The summed E-state index contributed by atoms with van der Waals surface area (Å²) >= 11 is 0. The highest BCUT2D eigenvalue weighted by Gasteiger charge is 2.29. The third-order valence-electron chi connectivity index (χ3n) is 5.47. The lowest BCUT2D eigenvalue weighted by Gasteiger charge is -2.40. The molecular formula is C24H25FN2O2. The predicted octanol–water partition coefficient (Wildman–Crippen LogP) is 4.53. The molecule has 2 aromatic carbocycles. The Morgan fingerprint density at radius 2 is 1.79 bits per heavy atom. The van der Waals surface area contributed by atoms with Crippen molar-refractivity contribution < 1.29 is 13.6 Å². The number of amides is 1. The third kappa shape index (κ3) is 4.40. The van der Waals surface area contributed by atoms with Crippen molar-refractivity contribution in [2.24, 2.45) is 0 Å². The number of rotatable bonds is 5. The van der Waals surface area contributed by atoms with Crippen LogP contribution in [0.4, 0.5) is 4.39 Å². The van der Waals surface area contributed by atoms with E-state index in [9.17, 15) is 9.18 Å². The predicted molar refractivity (Wildman–Crippen MR) is 111 cm³/mol. The normalized spacial score (nSPS) is 17.4. The summed E-state index contributed by atoms with van der Waals surface area (Å²) in [6.45, 7) is 2.41. The van der Waals surface area contributed by atoms with E-state index in [1.807, 2.05) is 29.2 Å². The van der Waals surface area contributed by atoms with Crippen molar-refractivity contribution in [3.05, 3.63) is 83.9 Å². The van der Waals surface area contributed by atoms with Gasteiger partial charge in [-0.15, -0.1) is 0 Å². The average molecular weight is 392 g/mol. The second-order valence-corrected chi connectivity index (χ2v) is 7.52. The molecule has 1 aliphatic heterocycles. The molecule has 1 saturated heterocycles.